The molecule has 2 aromatic rings. The van der Waals surface area contributed by atoms with Gasteiger partial charge in [-0.1, -0.05) is 23.9 Å². The fourth-order valence-corrected chi connectivity index (χ4v) is 2.72. The summed E-state index contributed by atoms with van der Waals surface area (Å²) in [5.41, 5.74) is 3.00. The van der Waals surface area contributed by atoms with E-state index in [9.17, 15) is 4.79 Å². The molecule has 2 heterocycles. The molecule has 6 heteroatoms. The predicted molar refractivity (Wildman–Crippen MR) is 93.0 cm³/mol. The Kier molecular flexibility index (Phi) is 4.25. The molecule has 1 aromatic carbocycles. The maximum absolute atomic E-state index is 12.7. The van der Waals surface area contributed by atoms with Gasteiger partial charge in [-0.25, -0.2) is 4.98 Å². The minimum atomic E-state index is -0.0880. The Morgan fingerprint density at radius 3 is 2.70 bits per heavy atom. The predicted octanol–water partition coefficient (Wildman–Crippen LogP) is 3.12. The van der Waals surface area contributed by atoms with E-state index in [4.69, 9.17) is 4.74 Å². The summed E-state index contributed by atoms with van der Waals surface area (Å²) < 4.78 is 5.17. The standard InChI is InChI=1S/C17H17N3O2S/c1-20-9-8-14-15(19-17(18-14)23-3)13(16(20)21)10-11-4-6-12(22-2)7-5-11/h4-10H,1-3H3,(H,18,19)/b13-10+. The van der Waals surface area contributed by atoms with Crippen molar-refractivity contribution < 1.29 is 9.53 Å². The summed E-state index contributed by atoms with van der Waals surface area (Å²) in [5, 5.41) is 0.789. The quantitative estimate of drug-likeness (QED) is 0.695. The van der Waals surface area contributed by atoms with Crippen molar-refractivity contribution in [2.45, 2.75) is 5.16 Å². The van der Waals surface area contributed by atoms with Gasteiger partial charge in [0.25, 0.3) is 5.91 Å². The Morgan fingerprint density at radius 1 is 1.30 bits per heavy atom. The number of likely N-dealkylation sites (N-methyl/N-ethyl adjacent to an activating group) is 1. The summed E-state index contributed by atoms with van der Waals surface area (Å²) in [6.45, 7) is 0. The number of nitrogens with one attached hydrogen (secondary N) is 1. The van der Waals surface area contributed by atoms with Crippen molar-refractivity contribution in [2.75, 3.05) is 20.4 Å². The third-order valence-corrected chi connectivity index (χ3v) is 4.18. The van der Waals surface area contributed by atoms with Crippen LogP contribution in [0.4, 0.5) is 0 Å². The lowest BCUT2D eigenvalue weighted by Gasteiger charge is -2.11. The third kappa shape index (κ3) is 3.03. The molecule has 1 amide bonds. The number of carbonyl (C=O) groups is 1. The Bertz CT molecular complexity index is 791. The largest absolute Gasteiger partial charge is 0.497 e. The Labute approximate surface area is 139 Å². The number of aromatic amines is 1. The van der Waals surface area contributed by atoms with Gasteiger partial charge < -0.3 is 14.6 Å². The van der Waals surface area contributed by atoms with Crippen LogP contribution in [0.1, 0.15) is 17.0 Å². The highest BCUT2D eigenvalue weighted by molar-refractivity contribution is 7.98. The summed E-state index contributed by atoms with van der Waals surface area (Å²) in [6, 6.07) is 7.57. The molecule has 118 valence electrons. The molecule has 3 rings (SSSR count). The zero-order valence-electron chi connectivity index (χ0n) is 13.2. The molecule has 1 N–H and O–H groups in total. The van der Waals surface area contributed by atoms with Crippen molar-refractivity contribution in [3.63, 3.8) is 0 Å². The fraction of sp³-hybridized carbons (Fsp3) is 0.176. The van der Waals surface area contributed by atoms with Crippen LogP contribution < -0.4 is 4.74 Å². The summed E-state index contributed by atoms with van der Waals surface area (Å²) in [5.74, 6) is 0.693. The number of ether oxygens (including phenoxy) is 1. The average molecular weight is 327 g/mol. The molecular formula is C17H17N3O2S. The van der Waals surface area contributed by atoms with E-state index in [0.717, 1.165) is 22.2 Å². The molecular weight excluding hydrogens is 310 g/mol. The fourth-order valence-electron chi connectivity index (χ4n) is 2.33. The molecule has 0 saturated carbocycles. The molecule has 1 aliphatic heterocycles. The molecule has 0 aliphatic carbocycles. The van der Waals surface area contributed by atoms with Crippen LogP contribution in [0.3, 0.4) is 0 Å². The molecule has 0 radical (unpaired) electrons. The van der Waals surface area contributed by atoms with Crippen LogP contribution in [0.15, 0.2) is 35.6 Å². The Hall–Kier alpha value is -2.47. The van der Waals surface area contributed by atoms with Crippen LogP contribution in [0.2, 0.25) is 0 Å². The Morgan fingerprint density at radius 2 is 2.04 bits per heavy atom. The van der Waals surface area contributed by atoms with E-state index in [1.54, 1.807) is 25.3 Å². The molecule has 5 nitrogen and oxygen atoms in total. The van der Waals surface area contributed by atoms with E-state index in [1.165, 1.54) is 11.8 Å². The summed E-state index contributed by atoms with van der Waals surface area (Å²) in [4.78, 5) is 22.0. The molecule has 0 atom stereocenters. The van der Waals surface area contributed by atoms with Crippen LogP contribution in [-0.4, -0.2) is 41.2 Å². The molecule has 0 fully saturated rings. The zero-order valence-corrected chi connectivity index (χ0v) is 14.0. The third-order valence-electron chi connectivity index (χ3n) is 3.60. The monoisotopic (exact) mass is 327 g/mol. The van der Waals surface area contributed by atoms with Gasteiger partial charge in [0.2, 0.25) is 0 Å². The number of hydrogen-bond acceptors (Lipinski definition) is 4. The Balaban J connectivity index is 2.09. The van der Waals surface area contributed by atoms with Crippen LogP contribution in [0, 0.1) is 0 Å². The first-order chi connectivity index (χ1) is 11.1. The number of methoxy groups -OCH3 is 1. The summed E-state index contributed by atoms with van der Waals surface area (Å²) in [6.07, 6.45) is 7.42. The second kappa shape index (κ2) is 6.34. The van der Waals surface area contributed by atoms with E-state index >= 15 is 0 Å². The highest BCUT2D eigenvalue weighted by Gasteiger charge is 2.24. The number of thioether (sulfide) groups is 1. The van der Waals surface area contributed by atoms with Gasteiger partial charge in [0.1, 0.15) is 11.4 Å². The van der Waals surface area contributed by atoms with E-state index in [1.807, 2.05) is 42.7 Å². The number of fused-ring (bicyclic) bond motifs is 1. The molecule has 1 aliphatic rings. The van der Waals surface area contributed by atoms with E-state index in [2.05, 4.69) is 9.97 Å². The molecule has 0 spiro atoms. The first kappa shape index (κ1) is 15.4. The number of aromatic nitrogens is 2. The first-order valence-electron chi connectivity index (χ1n) is 7.08. The number of nitrogens with zero attached hydrogens (tertiary/aromatic N) is 2. The van der Waals surface area contributed by atoms with Gasteiger partial charge in [0.15, 0.2) is 5.16 Å². The summed E-state index contributed by atoms with van der Waals surface area (Å²) >= 11 is 1.52. The molecule has 1 aromatic heterocycles. The van der Waals surface area contributed by atoms with E-state index in [-0.39, 0.29) is 5.91 Å². The van der Waals surface area contributed by atoms with Gasteiger partial charge in [-0.3, -0.25) is 4.79 Å². The van der Waals surface area contributed by atoms with Crippen LogP contribution in [0.25, 0.3) is 17.7 Å². The van der Waals surface area contributed by atoms with Crippen LogP contribution in [-0.2, 0) is 4.79 Å². The maximum atomic E-state index is 12.7. The second-order valence-corrected chi connectivity index (χ2v) is 5.87. The highest BCUT2D eigenvalue weighted by Crippen LogP contribution is 2.28. The van der Waals surface area contributed by atoms with Crippen molar-refractivity contribution in [3.8, 4) is 5.75 Å². The second-order valence-electron chi connectivity index (χ2n) is 5.07. The number of amides is 1. The topological polar surface area (TPSA) is 58.2 Å². The minimum Gasteiger partial charge on any atom is -0.497 e. The minimum absolute atomic E-state index is 0.0880. The van der Waals surface area contributed by atoms with Gasteiger partial charge in [-0.15, -0.1) is 0 Å². The lowest BCUT2D eigenvalue weighted by Crippen LogP contribution is -2.21. The number of hydrogen-bond donors (Lipinski definition) is 1. The number of imidazole rings is 1. The lowest BCUT2D eigenvalue weighted by molar-refractivity contribution is -0.121. The molecule has 0 unspecified atom stereocenters. The van der Waals surface area contributed by atoms with Gasteiger partial charge in [0.05, 0.1) is 18.4 Å². The number of H-pyrrole nitrogens is 1. The van der Waals surface area contributed by atoms with Crippen LogP contribution in [0.5, 0.6) is 5.75 Å². The number of rotatable bonds is 3. The van der Waals surface area contributed by atoms with Crippen molar-refractivity contribution in [1.29, 1.82) is 0 Å². The normalized spacial score (nSPS) is 15.7. The van der Waals surface area contributed by atoms with Gasteiger partial charge in [0, 0.05) is 13.2 Å². The van der Waals surface area contributed by atoms with E-state index in [0.29, 0.717) is 11.3 Å². The van der Waals surface area contributed by atoms with Gasteiger partial charge in [-0.2, -0.15) is 0 Å². The average Bonchev–Trinajstić information content (AvgIpc) is 2.96. The molecule has 0 bridgehead atoms. The van der Waals surface area contributed by atoms with Crippen molar-refractivity contribution in [3.05, 3.63) is 47.4 Å². The first-order valence-corrected chi connectivity index (χ1v) is 8.30. The highest BCUT2D eigenvalue weighted by atomic mass is 32.2. The van der Waals surface area contributed by atoms with Gasteiger partial charge >= 0.3 is 0 Å². The summed E-state index contributed by atoms with van der Waals surface area (Å²) in [7, 11) is 3.37. The van der Waals surface area contributed by atoms with Crippen molar-refractivity contribution in [1.82, 2.24) is 14.9 Å². The smallest absolute Gasteiger partial charge is 0.259 e. The molecule has 0 saturated heterocycles. The SMILES string of the molecule is COc1ccc(/C=C2/C(=O)N(C)C=Cc3[nH]c(SC)nc32)cc1. The van der Waals surface area contributed by atoms with Crippen molar-refractivity contribution in [2.24, 2.45) is 0 Å². The van der Waals surface area contributed by atoms with Gasteiger partial charge in [-0.05, 0) is 36.1 Å². The molecule has 23 heavy (non-hydrogen) atoms. The maximum Gasteiger partial charge on any atom is 0.259 e. The number of carbonyl (C=O) groups excluding carboxylic acids is 1. The number of benzene rings is 1. The van der Waals surface area contributed by atoms with Crippen molar-refractivity contribution >= 4 is 35.4 Å². The van der Waals surface area contributed by atoms with Crippen LogP contribution >= 0.6 is 11.8 Å². The van der Waals surface area contributed by atoms with E-state index < -0.39 is 0 Å². The zero-order chi connectivity index (χ0) is 16.4. The lowest BCUT2D eigenvalue weighted by atomic mass is 10.1.